The van der Waals surface area contributed by atoms with Gasteiger partial charge in [-0.2, -0.15) is 0 Å². The molecule has 0 bridgehead atoms. The van der Waals surface area contributed by atoms with E-state index >= 15 is 0 Å². The highest BCUT2D eigenvalue weighted by atomic mass is 19.1. The van der Waals surface area contributed by atoms with Crippen LogP contribution in [0.4, 0.5) is 8.78 Å². The Hall–Kier alpha value is -1.61. The average Bonchev–Trinajstić information content (AvgIpc) is 2.57. The Morgan fingerprint density at radius 1 is 1.34 bits per heavy atom. The molecule has 0 spiro atoms. The molecule has 2 rings (SSSR count). The van der Waals surface area contributed by atoms with Gasteiger partial charge in [-0.25, -0.2) is 8.78 Å². The maximum atomic E-state index is 13.5. The summed E-state index contributed by atoms with van der Waals surface area (Å²) < 4.78 is 38.6. The van der Waals surface area contributed by atoms with Gasteiger partial charge >= 0.3 is 0 Å². The molecular formula is C21H32F2N2O4. The van der Waals surface area contributed by atoms with Crippen molar-refractivity contribution in [1.82, 2.24) is 10.6 Å². The second-order valence-corrected chi connectivity index (χ2v) is 8.91. The maximum absolute atomic E-state index is 13.5. The van der Waals surface area contributed by atoms with Gasteiger partial charge in [0.1, 0.15) is 11.6 Å². The average molecular weight is 414 g/mol. The number of aliphatic hydroxyl groups excluding tert-OH is 1. The minimum absolute atomic E-state index is 0.00379. The van der Waals surface area contributed by atoms with E-state index in [1.54, 1.807) is 0 Å². The highest BCUT2D eigenvalue weighted by Gasteiger charge is 2.36. The number of rotatable bonds is 7. The van der Waals surface area contributed by atoms with Gasteiger partial charge in [-0.15, -0.1) is 0 Å². The summed E-state index contributed by atoms with van der Waals surface area (Å²) in [5.74, 6) is -1.76. The molecule has 1 fully saturated rings. The first-order valence-electron chi connectivity index (χ1n) is 9.84. The van der Waals surface area contributed by atoms with Gasteiger partial charge in [0.05, 0.1) is 37.4 Å². The summed E-state index contributed by atoms with van der Waals surface area (Å²) in [6.45, 7) is 10.1. The summed E-state index contributed by atoms with van der Waals surface area (Å²) >= 11 is 0. The van der Waals surface area contributed by atoms with Crippen LogP contribution in [-0.4, -0.2) is 54.7 Å². The van der Waals surface area contributed by atoms with Crippen LogP contribution in [0, 0.1) is 17.0 Å². The van der Waals surface area contributed by atoms with E-state index in [-0.39, 0.29) is 30.4 Å². The van der Waals surface area contributed by atoms with Gasteiger partial charge in [-0.05, 0) is 36.5 Å². The van der Waals surface area contributed by atoms with Gasteiger partial charge in [-0.1, -0.05) is 20.8 Å². The lowest BCUT2D eigenvalue weighted by Gasteiger charge is -2.40. The zero-order valence-electron chi connectivity index (χ0n) is 17.7. The molecule has 0 aliphatic carbocycles. The number of morpholine rings is 1. The Labute approximate surface area is 171 Å². The molecule has 1 heterocycles. The largest absolute Gasteiger partial charge is 0.389 e. The summed E-state index contributed by atoms with van der Waals surface area (Å²) in [6, 6.07) is 1.76. The van der Waals surface area contributed by atoms with E-state index in [1.807, 2.05) is 6.92 Å². The van der Waals surface area contributed by atoms with Crippen molar-refractivity contribution in [2.45, 2.75) is 71.6 Å². The van der Waals surface area contributed by atoms with Crippen LogP contribution >= 0.6 is 0 Å². The minimum atomic E-state index is -1.03. The number of hydrogen-bond acceptors (Lipinski definition) is 5. The van der Waals surface area contributed by atoms with Crippen LogP contribution in [0.5, 0.6) is 0 Å². The van der Waals surface area contributed by atoms with Gasteiger partial charge in [0.25, 0.3) is 0 Å². The standard InChI is InChI=1S/C21H32F2N2O4/c1-12-20(29-11-21(3,4)5)28-10-18(24-12)19(27)17(25-13(2)26)8-14-6-15(22)9-16(23)7-14/h6-7,9,12,17-20,24,27H,8,10-11H2,1-5H3,(H,25,26). The van der Waals surface area contributed by atoms with Gasteiger partial charge in [-0.3, -0.25) is 4.79 Å². The van der Waals surface area contributed by atoms with E-state index in [4.69, 9.17) is 9.47 Å². The molecule has 0 radical (unpaired) electrons. The zero-order chi connectivity index (χ0) is 21.8. The molecule has 5 atom stereocenters. The van der Waals surface area contributed by atoms with E-state index < -0.39 is 36.1 Å². The Balaban J connectivity index is 2.03. The Morgan fingerprint density at radius 2 is 1.97 bits per heavy atom. The molecule has 29 heavy (non-hydrogen) atoms. The number of halogens is 2. The van der Waals surface area contributed by atoms with Crippen molar-refractivity contribution in [2.75, 3.05) is 13.2 Å². The number of nitrogens with one attached hydrogen (secondary N) is 2. The molecule has 8 heteroatoms. The molecule has 164 valence electrons. The van der Waals surface area contributed by atoms with Gasteiger partial charge in [0.2, 0.25) is 5.91 Å². The number of carbonyl (C=O) groups is 1. The second kappa shape index (κ2) is 9.93. The first kappa shape index (κ1) is 23.7. The van der Waals surface area contributed by atoms with E-state index in [2.05, 4.69) is 31.4 Å². The summed E-state index contributed by atoms with van der Waals surface area (Å²) in [6.07, 6.45) is -1.41. The number of amides is 1. The lowest BCUT2D eigenvalue weighted by atomic mass is 9.95. The molecule has 1 aliphatic heterocycles. The van der Waals surface area contributed by atoms with Crippen molar-refractivity contribution in [1.29, 1.82) is 0 Å². The predicted octanol–water partition coefficient (Wildman–Crippen LogP) is 2.14. The Morgan fingerprint density at radius 3 is 2.48 bits per heavy atom. The molecule has 3 N–H and O–H groups in total. The van der Waals surface area contributed by atoms with Gasteiger partial charge in [0.15, 0.2) is 6.29 Å². The van der Waals surface area contributed by atoms with E-state index in [0.717, 1.165) is 6.07 Å². The smallest absolute Gasteiger partial charge is 0.217 e. The van der Waals surface area contributed by atoms with Crippen LogP contribution in [0.2, 0.25) is 0 Å². The highest BCUT2D eigenvalue weighted by molar-refractivity contribution is 5.73. The molecule has 1 amide bonds. The molecule has 5 unspecified atom stereocenters. The quantitative estimate of drug-likeness (QED) is 0.637. The maximum Gasteiger partial charge on any atom is 0.217 e. The topological polar surface area (TPSA) is 79.8 Å². The van der Waals surface area contributed by atoms with Crippen LogP contribution in [0.3, 0.4) is 0 Å². The second-order valence-electron chi connectivity index (χ2n) is 8.91. The number of ether oxygens (including phenoxy) is 2. The lowest BCUT2D eigenvalue weighted by Crippen LogP contribution is -2.62. The van der Waals surface area contributed by atoms with Crippen LogP contribution in [0.1, 0.15) is 40.2 Å². The Bertz CT molecular complexity index is 675. The zero-order valence-corrected chi connectivity index (χ0v) is 17.7. The first-order valence-corrected chi connectivity index (χ1v) is 9.84. The highest BCUT2D eigenvalue weighted by Crippen LogP contribution is 2.20. The fourth-order valence-electron chi connectivity index (χ4n) is 3.31. The molecule has 1 aliphatic rings. The van der Waals surface area contributed by atoms with Crippen LogP contribution in [-0.2, 0) is 20.7 Å². The molecule has 0 aromatic heterocycles. The molecule has 1 saturated heterocycles. The SMILES string of the molecule is CC(=O)NC(Cc1cc(F)cc(F)c1)C(O)C1COC(OCC(C)(C)C)C(C)N1. The fourth-order valence-corrected chi connectivity index (χ4v) is 3.31. The number of benzene rings is 1. The summed E-state index contributed by atoms with van der Waals surface area (Å²) in [4.78, 5) is 11.6. The molecule has 1 aromatic carbocycles. The van der Waals surface area contributed by atoms with E-state index in [0.29, 0.717) is 12.2 Å². The molecular weight excluding hydrogens is 382 g/mol. The van der Waals surface area contributed by atoms with Crippen LogP contribution < -0.4 is 10.6 Å². The van der Waals surface area contributed by atoms with Crippen molar-refractivity contribution >= 4 is 5.91 Å². The third-order valence-corrected chi connectivity index (χ3v) is 4.60. The molecule has 6 nitrogen and oxygen atoms in total. The van der Waals surface area contributed by atoms with Gasteiger partial charge < -0.3 is 25.2 Å². The first-order chi connectivity index (χ1) is 13.4. The van der Waals surface area contributed by atoms with Crippen molar-refractivity contribution in [3.63, 3.8) is 0 Å². The van der Waals surface area contributed by atoms with Crippen molar-refractivity contribution in [3.8, 4) is 0 Å². The monoisotopic (exact) mass is 414 g/mol. The number of carbonyl (C=O) groups excluding carboxylic acids is 1. The minimum Gasteiger partial charge on any atom is -0.389 e. The third-order valence-electron chi connectivity index (χ3n) is 4.60. The van der Waals surface area contributed by atoms with Crippen LogP contribution in [0.15, 0.2) is 18.2 Å². The Kier molecular flexibility index (Phi) is 8.10. The number of hydrogen-bond donors (Lipinski definition) is 3. The van der Waals surface area contributed by atoms with Crippen molar-refractivity contribution in [2.24, 2.45) is 5.41 Å². The summed E-state index contributed by atoms with van der Waals surface area (Å²) in [5, 5.41) is 16.8. The lowest BCUT2D eigenvalue weighted by molar-refractivity contribution is -0.201. The van der Waals surface area contributed by atoms with E-state index in [9.17, 15) is 18.7 Å². The van der Waals surface area contributed by atoms with Crippen molar-refractivity contribution in [3.05, 3.63) is 35.4 Å². The molecule has 1 aromatic rings. The third kappa shape index (κ3) is 7.62. The predicted molar refractivity (Wildman–Crippen MR) is 105 cm³/mol. The van der Waals surface area contributed by atoms with E-state index in [1.165, 1.54) is 19.1 Å². The van der Waals surface area contributed by atoms with Gasteiger partial charge in [0, 0.05) is 13.0 Å². The summed E-state index contributed by atoms with van der Waals surface area (Å²) in [7, 11) is 0. The summed E-state index contributed by atoms with van der Waals surface area (Å²) in [5.41, 5.74) is 0.340. The number of aliphatic hydroxyl groups is 1. The van der Waals surface area contributed by atoms with Crippen LogP contribution in [0.25, 0.3) is 0 Å². The normalized spacial score (nSPS) is 24.8. The molecule has 0 saturated carbocycles. The van der Waals surface area contributed by atoms with Crippen molar-refractivity contribution < 1.29 is 28.2 Å². The fraction of sp³-hybridized carbons (Fsp3) is 0.667.